The molecule has 1 atom stereocenters. The van der Waals surface area contributed by atoms with Gasteiger partial charge in [-0.05, 0) is 39.3 Å². The third-order valence-electron chi connectivity index (χ3n) is 3.00. The van der Waals surface area contributed by atoms with Gasteiger partial charge in [0.25, 0.3) is 0 Å². The number of anilines is 1. The van der Waals surface area contributed by atoms with E-state index in [2.05, 4.69) is 56.9 Å². The van der Waals surface area contributed by atoms with Gasteiger partial charge in [-0.3, -0.25) is 0 Å². The summed E-state index contributed by atoms with van der Waals surface area (Å²) in [6.07, 6.45) is 2.89. The molecule has 0 aliphatic heterocycles. The third-order valence-corrected chi connectivity index (χ3v) is 4.07. The minimum absolute atomic E-state index is 0.102. The van der Waals surface area contributed by atoms with Gasteiger partial charge >= 0.3 is 0 Å². The molecule has 0 aliphatic rings. The highest BCUT2D eigenvalue weighted by atomic mass is 32.2. The summed E-state index contributed by atoms with van der Waals surface area (Å²) in [4.78, 5) is 1.27. The van der Waals surface area contributed by atoms with Crippen LogP contribution in [-0.4, -0.2) is 24.5 Å². The Bertz CT molecular complexity index is 403. The molecule has 0 saturated heterocycles. The molecule has 1 N–H and O–H groups in total. The van der Waals surface area contributed by atoms with Crippen LogP contribution in [0.2, 0.25) is 0 Å². The Balaban J connectivity index is 2.67. The van der Waals surface area contributed by atoms with Crippen molar-refractivity contribution in [1.82, 2.24) is 0 Å². The monoisotopic (exact) mass is 279 g/mol. The van der Waals surface area contributed by atoms with Crippen LogP contribution >= 0.6 is 11.8 Å². The molecule has 0 bridgehead atoms. The zero-order chi connectivity index (χ0) is 14.3. The van der Waals surface area contributed by atoms with Gasteiger partial charge in [0.15, 0.2) is 0 Å². The topological polar surface area (TPSA) is 21.3 Å². The maximum absolute atomic E-state index is 5.48. The summed E-state index contributed by atoms with van der Waals surface area (Å²) >= 11 is 1.80. The lowest BCUT2D eigenvalue weighted by Crippen LogP contribution is -2.31. The summed E-state index contributed by atoms with van der Waals surface area (Å²) in [5.41, 5.74) is 1.09. The second-order valence-corrected chi connectivity index (χ2v) is 6.37. The van der Waals surface area contributed by atoms with E-state index in [0.717, 1.165) is 12.2 Å². The third kappa shape index (κ3) is 5.70. The summed E-state index contributed by atoms with van der Waals surface area (Å²) in [7, 11) is 1.76. The number of para-hydroxylation sites is 1. The molecular formula is C16H25NOS. The highest BCUT2D eigenvalue weighted by molar-refractivity contribution is 7.99. The molecule has 1 aromatic rings. The second-order valence-electron chi connectivity index (χ2n) is 5.31. The lowest BCUT2D eigenvalue weighted by molar-refractivity contribution is 0.0128. The van der Waals surface area contributed by atoms with E-state index in [-0.39, 0.29) is 5.60 Å². The molecule has 1 rings (SSSR count). The molecule has 0 aromatic heterocycles. The smallest absolute Gasteiger partial charge is 0.0642 e. The van der Waals surface area contributed by atoms with Crippen LogP contribution in [0.15, 0.2) is 41.8 Å². The van der Waals surface area contributed by atoms with Gasteiger partial charge < -0.3 is 10.1 Å². The lowest BCUT2D eigenvalue weighted by atomic mass is 10.00. The fraction of sp³-hybridized carbons (Fsp3) is 0.500. The van der Waals surface area contributed by atoms with Crippen molar-refractivity contribution in [1.29, 1.82) is 0 Å². The van der Waals surface area contributed by atoms with E-state index in [9.17, 15) is 0 Å². The van der Waals surface area contributed by atoms with Gasteiger partial charge in [-0.25, -0.2) is 0 Å². The Hall–Kier alpha value is -0.930. The molecule has 2 nitrogen and oxygen atoms in total. The van der Waals surface area contributed by atoms with Crippen LogP contribution < -0.4 is 5.32 Å². The van der Waals surface area contributed by atoms with E-state index in [1.54, 1.807) is 18.9 Å². The number of rotatable bonds is 8. The first kappa shape index (κ1) is 16.1. The van der Waals surface area contributed by atoms with Crippen molar-refractivity contribution in [3.05, 3.63) is 36.9 Å². The van der Waals surface area contributed by atoms with Gasteiger partial charge in [-0.2, -0.15) is 0 Å². The van der Waals surface area contributed by atoms with Crippen molar-refractivity contribution in [2.24, 2.45) is 0 Å². The lowest BCUT2D eigenvalue weighted by Gasteiger charge is -2.28. The Kier molecular flexibility index (Phi) is 6.46. The van der Waals surface area contributed by atoms with Crippen molar-refractivity contribution in [3.8, 4) is 0 Å². The van der Waals surface area contributed by atoms with Crippen LogP contribution in [0.3, 0.4) is 0 Å². The normalized spacial score (nSPS) is 13.1. The number of thioether (sulfide) groups is 1. The van der Waals surface area contributed by atoms with Crippen molar-refractivity contribution in [2.45, 2.75) is 43.7 Å². The minimum atomic E-state index is -0.102. The molecule has 3 heteroatoms. The number of ether oxygens (including phenoxy) is 1. The number of hydrogen-bond acceptors (Lipinski definition) is 3. The van der Waals surface area contributed by atoms with Gasteiger partial charge in [0, 0.05) is 29.5 Å². The number of hydrogen-bond donors (Lipinski definition) is 1. The van der Waals surface area contributed by atoms with E-state index in [1.807, 2.05) is 6.08 Å². The van der Waals surface area contributed by atoms with Crippen molar-refractivity contribution in [3.63, 3.8) is 0 Å². The summed E-state index contributed by atoms with van der Waals surface area (Å²) in [5.74, 6) is 0.927. The summed E-state index contributed by atoms with van der Waals surface area (Å²) in [6.45, 7) is 10.2. The molecule has 1 aromatic carbocycles. The Morgan fingerprint density at radius 1 is 1.42 bits per heavy atom. The quantitative estimate of drug-likeness (QED) is 0.556. The van der Waals surface area contributed by atoms with Crippen LogP contribution in [0.1, 0.15) is 27.2 Å². The molecule has 0 aliphatic carbocycles. The van der Waals surface area contributed by atoms with Crippen molar-refractivity contribution in [2.75, 3.05) is 18.2 Å². The van der Waals surface area contributed by atoms with Crippen LogP contribution in [-0.2, 0) is 4.74 Å². The molecule has 1 unspecified atom stereocenters. The van der Waals surface area contributed by atoms with Crippen LogP contribution in [0.5, 0.6) is 0 Å². The summed E-state index contributed by atoms with van der Waals surface area (Å²) in [6, 6.07) is 8.77. The molecule has 19 heavy (non-hydrogen) atoms. The Morgan fingerprint density at radius 2 is 2.11 bits per heavy atom. The molecule has 0 amide bonds. The summed E-state index contributed by atoms with van der Waals surface area (Å²) in [5, 5.41) is 3.57. The largest absolute Gasteiger partial charge is 0.382 e. The minimum Gasteiger partial charge on any atom is -0.382 e. The van der Waals surface area contributed by atoms with Gasteiger partial charge in [-0.1, -0.05) is 18.2 Å². The molecule has 106 valence electrons. The maximum Gasteiger partial charge on any atom is 0.0642 e. The molecule has 0 saturated carbocycles. The summed E-state index contributed by atoms with van der Waals surface area (Å²) < 4.78 is 5.48. The van der Waals surface area contributed by atoms with E-state index in [0.29, 0.717) is 6.04 Å². The fourth-order valence-electron chi connectivity index (χ4n) is 2.00. The van der Waals surface area contributed by atoms with Crippen molar-refractivity contribution < 1.29 is 4.74 Å². The zero-order valence-electron chi connectivity index (χ0n) is 12.4. The first-order valence-corrected chi connectivity index (χ1v) is 7.61. The average molecular weight is 279 g/mol. The van der Waals surface area contributed by atoms with Crippen LogP contribution in [0, 0.1) is 0 Å². The molecule has 0 heterocycles. The van der Waals surface area contributed by atoms with Gasteiger partial charge in [0.1, 0.15) is 0 Å². The van der Waals surface area contributed by atoms with E-state index < -0.39 is 0 Å². The number of nitrogens with one attached hydrogen (secondary N) is 1. The second kappa shape index (κ2) is 7.61. The molecular weight excluding hydrogens is 254 g/mol. The number of methoxy groups -OCH3 is 1. The zero-order valence-corrected chi connectivity index (χ0v) is 13.2. The van der Waals surface area contributed by atoms with Crippen LogP contribution in [0.25, 0.3) is 0 Å². The van der Waals surface area contributed by atoms with E-state index in [4.69, 9.17) is 4.74 Å². The molecule has 0 radical (unpaired) electrons. The van der Waals surface area contributed by atoms with Crippen LogP contribution in [0.4, 0.5) is 5.69 Å². The predicted octanol–water partition coefficient (Wildman–Crippen LogP) is 4.58. The standard InChI is InChI=1S/C16H25NOS/c1-6-11-19-15-10-8-7-9-14(15)17-13(2)12-16(3,4)18-5/h6-10,13,17H,1,11-12H2,2-5H3. The van der Waals surface area contributed by atoms with E-state index in [1.165, 1.54) is 10.6 Å². The maximum atomic E-state index is 5.48. The molecule has 0 spiro atoms. The first-order valence-electron chi connectivity index (χ1n) is 6.63. The highest BCUT2D eigenvalue weighted by Gasteiger charge is 2.20. The van der Waals surface area contributed by atoms with E-state index >= 15 is 0 Å². The highest BCUT2D eigenvalue weighted by Crippen LogP contribution is 2.28. The molecule has 0 fully saturated rings. The van der Waals surface area contributed by atoms with Gasteiger partial charge in [0.05, 0.1) is 5.60 Å². The van der Waals surface area contributed by atoms with Gasteiger partial charge in [-0.15, -0.1) is 18.3 Å². The number of benzene rings is 1. The average Bonchev–Trinajstić information content (AvgIpc) is 2.37. The predicted molar refractivity (Wildman–Crippen MR) is 86.2 cm³/mol. The first-order chi connectivity index (χ1) is 8.98. The van der Waals surface area contributed by atoms with Crippen molar-refractivity contribution >= 4 is 17.4 Å². The van der Waals surface area contributed by atoms with Gasteiger partial charge in [0.2, 0.25) is 0 Å². The fourth-order valence-corrected chi connectivity index (χ4v) is 2.75. The Labute approximate surface area is 121 Å². The Morgan fingerprint density at radius 3 is 2.74 bits per heavy atom. The SMILES string of the molecule is C=CCSc1ccccc1NC(C)CC(C)(C)OC.